The number of thiazole rings is 1. The van der Waals surface area contributed by atoms with E-state index in [1.54, 1.807) is 11.3 Å². The van der Waals surface area contributed by atoms with Gasteiger partial charge in [-0.05, 0) is 43.6 Å². The van der Waals surface area contributed by atoms with Crippen molar-refractivity contribution in [2.45, 2.75) is 58.9 Å². The Morgan fingerprint density at radius 3 is 2.45 bits per heavy atom. The Morgan fingerprint density at radius 1 is 1.45 bits per heavy atom. The van der Waals surface area contributed by atoms with E-state index in [0.29, 0.717) is 0 Å². The van der Waals surface area contributed by atoms with Gasteiger partial charge in [0, 0.05) is 5.38 Å². The number of hydrogen-bond acceptors (Lipinski definition) is 3. The molecule has 1 aromatic heterocycles. The summed E-state index contributed by atoms with van der Waals surface area (Å²) in [5, 5.41) is 3.36. The Kier molecular flexibility index (Phi) is 5.52. The summed E-state index contributed by atoms with van der Waals surface area (Å²) in [6.07, 6.45) is 3.96. The predicted molar refractivity (Wildman–Crippen MR) is 92.8 cm³/mol. The Hall–Kier alpha value is -0.713. The Morgan fingerprint density at radius 2 is 2.05 bits per heavy atom. The van der Waals surface area contributed by atoms with Crippen molar-refractivity contribution in [2.75, 3.05) is 0 Å². The zero-order valence-electron chi connectivity index (χ0n) is 13.8. The summed E-state index contributed by atoms with van der Waals surface area (Å²) in [7, 11) is -1.79. The van der Waals surface area contributed by atoms with Crippen LogP contribution < -0.4 is 0 Å². The molecule has 0 spiro atoms. The van der Waals surface area contributed by atoms with Crippen molar-refractivity contribution in [3.8, 4) is 0 Å². The van der Waals surface area contributed by atoms with Crippen LogP contribution >= 0.6 is 11.3 Å². The maximum atomic E-state index is 6.42. The fourth-order valence-electron chi connectivity index (χ4n) is 1.58. The molecule has 1 atom stereocenters. The van der Waals surface area contributed by atoms with Crippen LogP contribution in [0.3, 0.4) is 0 Å². The van der Waals surface area contributed by atoms with E-state index in [9.17, 15) is 0 Å². The van der Waals surface area contributed by atoms with Crippen LogP contribution in [0.4, 0.5) is 0 Å². The van der Waals surface area contributed by atoms with Crippen LogP contribution in [0.1, 0.15) is 38.4 Å². The van der Waals surface area contributed by atoms with E-state index < -0.39 is 8.32 Å². The van der Waals surface area contributed by atoms with Crippen LogP contribution in [0.5, 0.6) is 0 Å². The van der Waals surface area contributed by atoms with Crippen LogP contribution in [0.2, 0.25) is 18.1 Å². The molecule has 0 saturated carbocycles. The fraction of sp³-hybridized carbons (Fsp3) is 0.562. The number of nitrogens with zero attached hydrogens (tertiary/aromatic N) is 1. The monoisotopic (exact) mass is 309 g/mol. The van der Waals surface area contributed by atoms with Crippen molar-refractivity contribution in [3.05, 3.63) is 34.3 Å². The first-order chi connectivity index (χ1) is 9.06. The third-order valence-electron chi connectivity index (χ3n) is 3.90. The smallest absolute Gasteiger partial charge is 0.193 e. The van der Waals surface area contributed by atoms with Gasteiger partial charge in [-0.15, -0.1) is 17.9 Å². The highest BCUT2D eigenvalue weighted by Gasteiger charge is 2.38. The van der Waals surface area contributed by atoms with Crippen LogP contribution in [-0.2, 0) is 4.43 Å². The summed E-state index contributed by atoms with van der Waals surface area (Å²) in [5.74, 6) is 0. The summed E-state index contributed by atoms with van der Waals surface area (Å²) in [4.78, 5) is 4.48. The van der Waals surface area contributed by atoms with Gasteiger partial charge in [-0.25, -0.2) is 4.98 Å². The lowest BCUT2D eigenvalue weighted by Gasteiger charge is -2.38. The summed E-state index contributed by atoms with van der Waals surface area (Å²) in [5.41, 5.74) is 2.17. The quantitative estimate of drug-likeness (QED) is 0.534. The van der Waals surface area contributed by atoms with E-state index in [1.165, 1.54) is 0 Å². The molecule has 112 valence electrons. The summed E-state index contributed by atoms with van der Waals surface area (Å²) >= 11 is 1.67. The molecule has 0 aliphatic rings. The molecule has 0 saturated heterocycles. The Labute approximate surface area is 128 Å². The lowest BCUT2D eigenvalue weighted by Crippen LogP contribution is -2.43. The van der Waals surface area contributed by atoms with Crippen molar-refractivity contribution in [2.24, 2.45) is 0 Å². The van der Waals surface area contributed by atoms with E-state index >= 15 is 0 Å². The molecule has 0 bridgehead atoms. The van der Waals surface area contributed by atoms with Crippen molar-refractivity contribution >= 4 is 25.7 Å². The summed E-state index contributed by atoms with van der Waals surface area (Å²) in [6.45, 7) is 19.3. The first-order valence-electron chi connectivity index (χ1n) is 6.97. The second kappa shape index (κ2) is 6.37. The Balaban J connectivity index is 2.91. The maximum Gasteiger partial charge on any atom is 0.193 e. The zero-order chi connectivity index (χ0) is 15.6. The molecule has 0 N–H and O–H groups in total. The number of aromatic nitrogens is 1. The van der Waals surface area contributed by atoms with Crippen LogP contribution in [0, 0.1) is 6.92 Å². The minimum Gasteiger partial charge on any atom is -0.407 e. The van der Waals surface area contributed by atoms with Gasteiger partial charge in [-0.1, -0.05) is 26.8 Å². The molecule has 20 heavy (non-hydrogen) atoms. The van der Waals surface area contributed by atoms with Crippen LogP contribution in [0.25, 0.3) is 6.08 Å². The highest BCUT2D eigenvalue weighted by Crippen LogP contribution is 2.38. The number of hydrogen-bond donors (Lipinski definition) is 0. The number of aryl methyl sites for hydroxylation is 1. The minimum absolute atomic E-state index is 0.0297. The Bertz CT molecular complexity index is 497. The molecule has 0 radical (unpaired) electrons. The average molecular weight is 310 g/mol. The SMILES string of the molecule is C=C[C@H](O[Si](C)(C)C(C)(C)C)/C(C)=C/c1csc(C)n1. The standard InChI is InChI=1S/C16H27NOSSi/c1-9-15(18-20(7,8)16(4,5)6)12(2)10-14-11-19-13(3)17-14/h9-11,15H,1H2,2-8H3/b12-10+/t15-/m0/s1. The molecule has 4 heteroatoms. The second-order valence-electron chi connectivity index (χ2n) is 6.71. The molecular formula is C16H27NOSSi. The van der Waals surface area contributed by atoms with Crippen molar-refractivity contribution in [1.82, 2.24) is 4.98 Å². The molecule has 2 nitrogen and oxygen atoms in total. The van der Waals surface area contributed by atoms with Gasteiger partial charge >= 0.3 is 0 Å². The topological polar surface area (TPSA) is 22.1 Å². The van der Waals surface area contributed by atoms with Gasteiger partial charge < -0.3 is 4.43 Å². The highest BCUT2D eigenvalue weighted by atomic mass is 32.1. The minimum atomic E-state index is -1.79. The first-order valence-corrected chi connectivity index (χ1v) is 10.8. The molecule has 0 amide bonds. The van der Waals surface area contributed by atoms with Crippen LogP contribution in [0.15, 0.2) is 23.6 Å². The van der Waals surface area contributed by atoms with Crippen molar-refractivity contribution < 1.29 is 4.43 Å². The third kappa shape index (κ3) is 4.40. The predicted octanol–water partition coefficient (Wildman–Crippen LogP) is 5.43. The highest BCUT2D eigenvalue weighted by molar-refractivity contribution is 7.09. The molecule has 0 fully saturated rings. The lowest BCUT2D eigenvalue weighted by molar-refractivity contribution is 0.258. The van der Waals surface area contributed by atoms with Gasteiger partial charge in [-0.2, -0.15) is 0 Å². The number of rotatable bonds is 5. The van der Waals surface area contributed by atoms with Gasteiger partial charge in [0.2, 0.25) is 0 Å². The second-order valence-corrected chi connectivity index (χ2v) is 12.5. The zero-order valence-corrected chi connectivity index (χ0v) is 15.6. The molecule has 0 unspecified atom stereocenters. The normalized spacial score (nSPS) is 15.2. The van der Waals surface area contributed by atoms with Gasteiger partial charge in [0.05, 0.1) is 16.8 Å². The fourth-order valence-corrected chi connectivity index (χ4v) is 3.42. The molecule has 1 rings (SSSR count). The largest absolute Gasteiger partial charge is 0.407 e. The molecule has 1 heterocycles. The first kappa shape index (κ1) is 17.3. The molecule has 1 aromatic rings. The van der Waals surface area contributed by atoms with Gasteiger partial charge in [-0.3, -0.25) is 0 Å². The van der Waals surface area contributed by atoms with E-state index in [1.807, 2.05) is 13.0 Å². The van der Waals surface area contributed by atoms with Crippen molar-refractivity contribution in [3.63, 3.8) is 0 Å². The van der Waals surface area contributed by atoms with E-state index in [4.69, 9.17) is 4.43 Å². The van der Waals surface area contributed by atoms with Crippen molar-refractivity contribution in [1.29, 1.82) is 0 Å². The van der Waals surface area contributed by atoms with Gasteiger partial charge in [0.15, 0.2) is 8.32 Å². The average Bonchev–Trinajstić information content (AvgIpc) is 2.70. The summed E-state index contributed by atoms with van der Waals surface area (Å²) in [6, 6.07) is 0. The molecule has 0 aromatic carbocycles. The third-order valence-corrected chi connectivity index (χ3v) is 9.15. The van der Waals surface area contributed by atoms with Gasteiger partial charge in [0.1, 0.15) is 0 Å². The van der Waals surface area contributed by atoms with E-state index in [2.05, 4.69) is 63.8 Å². The summed E-state index contributed by atoms with van der Waals surface area (Å²) < 4.78 is 6.42. The molecule has 0 aliphatic heterocycles. The van der Waals surface area contributed by atoms with Gasteiger partial charge in [0.25, 0.3) is 0 Å². The van der Waals surface area contributed by atoms with Crippen LogP contribution in [-0.4, -0.2) is 19.4 Å². The molecule has 0 aliphatic carbocycles. The maximum absolute atomic E-state index is 6.42. The lowest BCUT2D eigenvalue weighted by atomic mass is 10.1. The molecular weight excluding hydrogens is 282 g/mol. The van der Waals surface area contributed by atoms with E-state index in [-0.39, 0.29) is 11.1 Å². The van der Waals surface area contributed by atoms with E-state index in [0.717, 1.165) is 16.3 Å².